The molecule has 0 saturated carbocycles. The van der Waals surface area contributed by atoms with Crippen LogP contribution in [0.3, 0.4) is 0 Å². The number of rotatable bonds is 7. The summed E-state index contributed by atoms with van der Waals surface area (Å²) >= 11 is 0. The highest BCUT2D eigenvalue weighted by molar-refractivity contribution is 7.64. The summed E-state index contributed by atoms with van der Waals surface area (Å²) in [7, 11) is -9.12. The van der Waals surface area contributed by atoms with E-state index in [1.165, 1.54) is 0 Å². The second kappa shape index (κ2) is 6.14. The van der Waals surface area contributed by atoms with Crippen molar-refractivity contribution in [2.75, 3.05) is 0 Å². The van der Waals surface area contributed by atoms with Gasteiger partial charge in [0.05, 0.1) is 5.66 Å². The average molecular weight is 260 g/mol. The highest BCUT2D eigenvalue weighted by Gasteiger charge is 2.37. The van der Waals surface area contributed by atoms with E-state index in [0.717, 1.165) is 12.8 Å². The molecule has 0 aromatic rings. The van der Waals surface area contributed by atoms with E-state index in [2.05, 4.69) is 4.31 Å². The zero-order valence-corrected chi connectivity index (χ0v) is 10.7. The fourth-order valence-electron chi connectivity index (χ4n) is 1.26. The normalized spacial score (nSPS) is 18.5. The van der Waals surface area contributed by atoms with Gasteiger partial charge in [-0.05, 0) is 12.8 Å². The van der Waals surface area contributed by atoms with Crippen molar-refractivity contribution in [3.8, 4) is 0 Å². The third-order valence-electron chi connectivity index (χ3n) is 2.05. The van der Waals surface area contributed by atoms with Crippen molar-refractivity contribution in [1.82, 2.24) is 0 Å². The fraction of sp³-hybridized carbons (Fsp3) is 1.00. The molecule has 0 aromatic heterocycles. The minimum atomic E-state index is -4.90. The molecule has 0 aliphatic carbocycles. The number of hydrogen-bond acceptors (Lipinski definition) is 3. The molecule has 0 fully saturated rings. The van der Waals surface area contributed by atoms with Crippen LogP contribution in [0, 0.1) is 0 Å². The molecule has 0 aliphatic rings. The van der Waals surface area contributed by atoms with E-state index in [1.807, 2.05) is 6.92 Å². The van der Waals surface area contributed by atoms with Gasteiger partial charge in [0, 0.05) is 0 Å². The van der Waals surface area contributed by atoms with Gasteiger partial charge in [0.2, 0.25) is 0 Å². The summed E-state index contributed by atoms with van der Waals surface area (Å²) in [6.07, 6.45) is 2.37. The Balaban J connectivity index is 4.52. The molecule has 92 valence electrons. The largest absolute Gasteiger partial charge is 0.476 e. The maximum Gasteiger partial charge on any atom is 0.476 e. The first-order chi connectivity index (χ1) is 6.73. The van der Waals surface area contributed by atoms with Gasteiger partial charge in [-0.1, -0.05) is 26.7 Å². The smallest absolute Gasteiger partial charge is 0.324 e. The van der Waals surface area contributed by atoms with Crippen LogP contribution in [0.15, 0.2) is 0 Å². The third-order valence-corrected chi connectivity index (χ3v) is 5.38. The lowest BCUT2D eigenvalue weighted by molar-refractivity contribution is 0.257. The van der Waals surface area contributed by atoms with Crippen LogP contribution in [0.5, 0.6) is 0 Å². The van der Waals surface area contributed by atoms with Gasteiger partial charge >= 0.3 is 15.4 Å². The molecule has 6 nitrogen and oxygen atoms in total. The van der Waals surface area contributed by atoms with Gasteiger partial charge in [0.15, 0.2) is 0 Å². The van der Waals surface area contributed by atoms with Crippen LogP contribution in [0.25, 0.3) is 0 Å². The lowest BCUT2D eigenvalue weighted by Gasteiger charge is -2.21. The van der Waals surface area contributed by atoms with Crippen LogP contribution in [-0.4, -0.2) is 20.3 Å². The molecule has 0 radical (unpaired) electrons. The standard InChI is InChI=1S/C7H18O6P2/c1-3-5-6-7(4-2)14(8,9)13-15(10,11)12/h7H,3-6H2,1-2H3,(H,8,9)(H2,10,11,12). The molecule has 0 amide bonds. The topological polar surface area (TPSA) is 104 Å². The van der Waals surface area contributed by atoms with Crippen molar-refractivity contribution in [2.45, 2.75) is 45.2 Å². The summed E-state index contributed by atoms with van der Waals surface area (Å²) in [5.41, 5.74) is -0.704. The molecule has 0 aliphatic heterocycles. The van der Waals surface area contributed by atoms with Crippen LogP contribution in [0.4, 0.5) is 0 Å². The van der Waals surface area contributed by atoms with Gasteiger partial charge in [0.25, 0.3) is 0 Å². The van der Waals surface area contributed by atoms with Crippen LogP contribution >= 0.6 is 15.4 Å². The van der Waals surface area contributed by atoms with E-state index in [9.17, 15) is 14.0 Å². The van der Waals surface area contributed by atoms with Crippen LogP contribution in [0.2, 0.25) is 0 Å². The summed E-state index contributed by atoms with van der Waals surface area (Å²) < 4.78 is 25.9. The molecular formula is C7H18O6P2. The fourth-order valence-corrected chi connectivity index (χ4v) is 3.98. The summed E-state index contributed by atoms with van der Waals surface area (Å²) in [5.74, 6) is 0. The first-order valence-corrected chi connectivity index (χ1v) is 8.00. The Morgan fingerprint density at radius 3 is 2.07 bits per heavy atom. The molecular weight excluding hydrogens is 242 g/mol. The molecule has 0 aromatic carbocycles. The Hall–Kier alpha value is 0.300. The van der Waals surface area contributed by atoms with Gasteiger partial charge in [-0.2, -0.15) is 0 Å². The van der Waals surface area contributed by atoms with Gasteiger partial charge < -0.3 is 14.7 Å². The summed E-state index contributed by atoms with van der Waals surface area (Å²) in [6, 6.07) is 0. The minimum absolute atomic E-state index is 0.355. The molecule has 2 atom stereocenters. The highest BCUT2D eigenvalue weighted by atomic mass is 31.3. The molecule has 0 rings (SSSR count). The molecule has 2 unspecified atom stereocenters. The second-order valence-electron chi connectivity index (χ2n) is 3.34. The van der Waals surface area contributed by atoms with Crippen molar-refractivity contribution in [1.29, 1.82) is 0 Å². The van der Waals surface area contributed by atoms with Crippen molar-refractivity contribution in [2.24, 2.45) is 0 Å². The SMILES string of the molecule is CCCCC(CC)P(=O)(O)OP(=O)(O)O. The van der Waals surface area contributed by atoms with Crippen molar-refractivity contribution in [3.63, 3.8) is 0 Å². The Bertz CT molecular complexity index is 273. The highest BCUT2D eigenvalue weighted by Crippen LogP contribution is 2.61. The number of unbranched alkanes of at least 4 members (excludes halogenated alkanes) is 1. The van der Waals surface area contributed by atoms with Crippen molar-refractivity contribution < 1.29 is 28.1 Å². The minimum Gasteiger partial charge on any atom is -0.324 e. The van der Waals surface area contributed by atoms with Gasteiger partial charge in [-0.25, -0.2) is 8.88 Å². The molecule has 0 heterocycles. The van der Waals surface area contributed by atoms with E-state index >= 15 is 0 Å². The van der Waals surface area contributed by atoms with Gasteiger partial charge in [0.1, 0.15) is 0 Å². The third kappa shape index (κ3) is 6.46. The average Bonchev–Trinajstić information content (AvgIpc) is 2.00. The summed E-state index contributed by atoms with van der Waals surface area (Å²) in [5, 5.41) is 0. The van der Waals surface area contributed by atoms with Gasteiger partial charge in [-0.15, -0.1) is 0 Å². The molecule has 15 heavy (non-hydrogen) atoms. The van der Waals surface area contributed by atoms with Gasteiger partial charge in [-0.3, -0.25) is 4.57 Å². The van der Waals surface area contributed by atoms with E-state index in [1.54, 1.807) is 6.92 Å². The van der Waals surface area contributed by atoms with Crippen LogP contribution < -0.4 is 0 Å². The Morgan fingerprint density at radius 2 is 1.73 bits per heavy atom. The van der Waals surface area contributed by atoms with Crippen molar-refractivity contribution >= 4 is 15.4 Å². The Morgan fingerprint density at radius 1 is 1.20 bits per heavy atom. The molecule has 8 heteroatoms. The predicted octanol–water partition coefficient (Wildman–Crippen LogP) is 2.25. The summed E-state index contributed by atoms with van der Waals surface area (Å²) in [4.78, 5) is 26.3. The molecule has 0 spiro atoms. The maximum atomic E-state index is 11.5. The van der Waals surface area contributed by atoms with E-state index in [4.69, 9.17) is 9.79 Å². The number of hydrogen-bond donors (Lipinski definition) is 3. The monoisotopic (exact) mass is 260 g/mol. The van der Waals surface area contributed by atoms with E-state index < -0.39 is 21.1 Å². The zero-order valence-electron chi connectivity index (χ0n) is 8.87. The van der Waals surface area contributed by atoms with Crippen molar-refractivity contribution in [3.05, 3.63) is 0 Å². The van der Waals surface area contributed by atoms with E-state index in [0.29, 0.717) is 12.8 Å². The van der Waals surface area contributed by atoms with Crippen LogP contribution in [-0.2, 0) is 13.4 Å². The molecule has 0 bridgehead atoms. The second-order valence-corrected chi connectivity index (χ2v) is 6.83. The first-order valence-electron chi connectivity index (χ1n) is 4.82. The molecule has 0 saturated heterocycles. The quantitative estimate of drug-likeness (QED) is 0.606. The maximum absolute atomic E-state index is 11.5. The van der Waals surface area contributed by atoms with Crippen LogP contribution in [0.1, 0.15) is 39.5 Å². The lowest BCUT2D eigenvalue weighted by Crippen LogP contribution is -2.08. The zero-order chi connectivity index (χ0) is 12.1. The van der Waals surface area contributed by atoms with E-state index in [-0.39, 0.29) is 0 Å². The summed E-state index contributed by atoms with van der Waals surface area (Å²) in [6.45, 7) is 3.62. The first kappa shape index (κ1) is 15.3. The Kier molecular flexibility index (Phi) is 6.26. The number of phosphoric acid groups is 1. The predicted molar refractivity (Wildman–Crippen MR) is 56.6 cm³/mol. The Labute approximate surface area is 89.4 Å². The molecule has 3 N–H and O–H groups in total. The lowest BCUT2D eigenvalue weighted by atomic mass is 10.2.